The topological polar surface area (TPSA) is 272 Å². The number of para-hydroxylation sites is 2. The minimum atomic E-state index is -1.66. The Morgan fingerprint density at radius 3 is 1.72 bits per heavy atom. The summed E-state index contributed by atoms with van der Waals surface area (Å²) in [5.41, 5.74) is 21.6. The number of fused-ring (bicyclic) bond motifs is 2. The number of aromatic nitrogens is 2. The van der Waals surface area contributed by atoms with Crippen molar-refractivity contribution in [1.82, 2.24) is 30.8 Å². The van der Waals surface area contributed by atoms with Gasteiger partial charge in [0.05, 0.1) is 12.1 Å². The lowest BCUT2D eigenvalue weighted by Crippen LogP contribution is -2.60. The Morgan fingerprint density at radius 1 is 0.689 bits per heavy atom. The Bertz CT molecular complexity index is 2260. The first-order chi connectivity index (χ1) is 29.4. The number of benzene rings is 3. The van der Waals surface area contributed by atoms with Gasteiger partial charge in [-0.2, -0.15) is 0 Å². The molecule has 16 nitrogen and oxygen atoms in total. The van der Waals surface area contributed by atoms with Gasteiger partial charge in [-0.3, -0.25) is 33.7 Å². The predicted octanol–water partition coefficient (Wildman–Crippen LogP) is 1.54. The summed E-state index contributed by atoms with van der Waals surface area (Å²) in [6.45, 7) is 1.66. The molecule has 0 saturated carbocycles. The monoisotopic (exact) mass is 834 g/mol. The number of nitrogens with zero attached hydrogens (tertiary/aromatic N) is 1. The van der Waals surface area contributed by atoms with Gasteiger partial charge in [-0.1, -0.05) is 66.7 Å². The van der Waals surface area contributed by atoms with Gasteiger partial charge in [0, 0.05) is 53.5 Å². The lowest BCUT2D eigenvalue weighted by molar-refractivity contribution is -0.151. The Hall–Kier alpha value is -6.20. The van der Waals surface area contributed by atoms with Gasteiger partial charge < -0.3 is 48.2 Å². The first-order valence-corrected chi connectivity index (χ1v) is 20.6. The number of rotatable bonds is 23. The molecule has 12 N–H and O–H groups in total. The lowest BCUT2D eigenvalue weighted by atomic mass is 10.00. The molecule has 6 atom stereocenters. The molecule has 323 valence electrons. The molecule has 5 amide bonds. The summed E-state index contributed by atoms with van der Waals surface area (Å²) >= 11 is 0. The quantitative estimate of drug-likeness (QED) is 0.0429. The molecular weight excluding hydrogens is 779 g/mol. The number of nitrogens with two attached hydrogens (primary N) is 3. The third-order valence-electron chi connectivity index (χ3n) is 10.6. The van der Waals surface area contributed by atoms with Gasteiger partial charge in [-0.05, 0) is 80.9 Å². The molecule has 0 aliphatic rings. The highest BCUT2D eigenvalue weighted by Crippen LogP contribution is 2.22. The SMILES string of the molecule is C[C@@H](O)[C@@H]([C]=O)N(C(=O)CCCN)C(=O)[C@H](CCCCN)NC(=O)[C@@H](Cc1c[nH]c2ccccc12)NC(=O)[C@H](Cc1c[nH]c2ccccc12)NC(=O)[C@@H](N)Cc1ccccc1. The average Bonchev–Trinajstić information content (AvgIpc) is 3.87. The van der Waals surface area contributed by atoms with Crippen LogP contribution in [-0.4, -0.2) is 105 Å². The van der Waals surface area contributed by atoms with Crippen LogP contribution in [0.15, 0.2) is 91.3 Å². The summed E-state index contributed by atoms with van der Waals surface area (Å²) in [6.07, 6.45) is 4.64. The highest BCUT2D eigenvalue weighted by atomic mass is 16.3. The highest BCUT2D eigenvalue weighted by Gasteiger charge is 2.39. The van der Waals surface area contributed by atoms with Crippen LogP contribution in [0.1, 0.15) is 55.7 Å². The van der Waals surface area contributed by atoms with Crippen molar-refractivity contribution in [1.29, 1.82) is 0 Å². The molecule has 0 bridgehead atoms. The molecule has 2 aromatic heterocycles. The maximum Gasteiger partial charge on any atom is 0.252 e. The largest absolute Gasteiger partial charge is 0.391 e. The number of aliphatic hydroxyl groups is 1. The average molecular weight is 835 g/mol. The van der Waals surface area contributed by atoms with Crippen LogP contribution in [0.2, 0.25) is 0 Å². The van der Waals surface area contributed by atoms with Crippen LogP contribution in [-0.2, 0) is 48.0 Å². The van der Waals surface area contributed by atoms with E-state index < -0.39 is 65.8 Å². The minimum Gasteiger partial charge on any atom is -0.391 e. The van der Waals surface area contributed by atoms with Gasteiger partial charge in [0.15, 0.2) is 0 Å². The summed E-state index contributed by atoms with van der Waals surface area (Å²) in [4.78, 5) is 89.7. The van der Waals surface area contributed by atoms with Gasteiger partial charge in [-0.25, -0.2) is 0 Å². The van der Waals surface area contributed by atoms with E-state index in [1.807, 2.05) is 78.9 Å². The van der Waals surface area contributed by atoms with Crippen molar-refractivity contribution in [3.8, 4) is 0 Å². The Balaban J connectivity index is 1.49. The number of carbonyl (C=O) groups is 5. The van der Waals surface area contributed by atoms with E-state index in [0.717, 1.165) is 32.9 Å². The normalized spacial score (nSPS) is 14.3. The van der Waals surface area contributed by atoms with Crippen LogP contribution in [0.25, 0.3) is 21.8 Å². The van der Waals surface area contributed by atoms with Crippen LogP contribution in [0.4, 0.5) is 0 Å². The standard InChI is InChI=1S/C45H56N9O7/c1-28(56)40(27-55)54(41(57)19-11-21-47)45(61)37(18-9-10-20-46)51-43(59)39(24-31-26-50-36-17-8-6-15-33(31)36)53-44(60)38(23-30-25-49-35-16-7-5-14-32(30)35)52-42(58)34(48)22-29-12-3-2-4-13-29/h2-8,12-17,25-26,28,34,37-40,49-50,56H,9-11,18-24,46-48H2,1H3,(H,51,59)(H,52,58)(H,53,60)/t28-,34+,37+,38+,39-,40-/m1/s1. The number of aliphatic hydroxyl groups excluding tert-OH is 1. The number of nitrogens with one attached hydrogen (secondary N) is 5. The summed E-state index contributed by atoms with van der Waals surface area (Å²) < 4.78 is 0. The minimum absolute atomic E-state index is 0.0140. The zero-order valence-electron chi connectivity index (χ0n) is 34.3. The molecule has 0 fully saturated rings. The predicted molar refractivity (Wildman–Crippen MR) is 232 cm³/mol. The number of hydrogen-bond acceptors (Lipinski definition) is 10. The summed E-state index contributed by atoms with van der Waals surface area (Å²) in [7, 11) is 0. The number of H-pyrrole nitrogens is 2. The van der Waals surface area contributed by atoms with Crippen molar-refractivity contribution in [3.05, 3.63) is 108 Å². The number of unbranched alkanes of at least 4 members (excludes halogenated alkanes) is 1. The van der Waals surface area contributed by atoms with Crippen LogP contribution in [0.3, 0.4) is 0 Å². The molecule has 1 radical (unpaired) electrons. The maximum atomic E-state index is 14.6. The van der Waals surface area contributed by atoms with E-state index in [1.54, 1.807) is 18.7 Å². The van der Waals surface area contributed by atoms with E-state index in [-0.39, 0.29) is 51.6 Å². The van der Waals surface area contributed by atoms with E-state index in [9.17, 15) is 33.9 Å². The van der Waals surface area contributed by atoms with Gasteiger partial charge in [0.1, 0.15) is 24.2 Å². The molecule has 0 aliphatic carbocycles. The van der Waals surface area contributed by atoms with Crippen LogP contribution in [0.5, 0.6) is 0 Å². The summed E-state index contributed by atoms with van der Waals surface area (Å²) in [5.74, 6) is -3.75. The van der Waals surface area contributed by atoms with Gasteiger partial charge in [0.25, 0.3) is 5.91 Å². The number of hydrogen-bond donors (Lipinski definition) is 9. The van der Waals surface area contributed by atoms with Crippen molar-refractivity contribution in [2.75, 3.05) is 13.1 Å². The second kappa shape index (κ2) is 22.4. The van der Waals surface area contributed by atoms with E-state index in [1.165, 1.54) is 6.92 Å². The number of aromatic amines is 2. The van der Waals surface area contributed by atoms with Gasteiger partial charge >= 0.3 is 0 Å². The molecule has 61 heavy (non-hydrogen) atoms. The molecule has 0 spiro atoms. The molecule has 2 heterocycles. The zero-order chi connectivity index (χ0) is 43.9. The first-order valence-electron chi connectivity index (χ1n) is 20.6. The fourth-order valence-electron chi connectivity index (χ4n) is 7.32. The van der Waals surface area contributed by atoms with Crippen molar-refractivity contribution in [3.63, 3.8) is 0 Å². The molecule has 16 heteroatoms. The van der Waals surface area contributed by atoms with Crippen LogP contribution >= 0.6 is 0 Å². The fourth-order valence-corrected chi connectivity index (χ4v) is 7.32. The maximum absolute atomic E-state index is 14.6. The number of imide groups is 1. The van der Waals surface area contributed by atoms with Gasteiger partial charge in [-0.15, -0.1) is 0 Å². The van der Waals surface area contributed by atoms with Crippen LogP contribution < -0.4 is 33.2 Å². The smallest absolute Gasteiger partial charge is 0.252 e. The Kier molecular flexibility index (Phi) is 16.9. The second-order valence-corrected chi connectivity index (χ2v) is 15.2. The van der Waals surface area contributed by atoms with E-state index in [4.69, 9.17) is 17.2 Å². The second-order valence-electron chi connectivity index (χ2n) is 15.2. The highest BCUT2D eigenvalue weighted by molar-refractivity contribution is 6.02. The van der Waals surface area contributed by atoms with Gasteiger partial charge in [0.2, 0.25) is 29.9 Å². The Labute approximate surface area is 354 Å². The molecule has 0 unspecified atom stereocenters. The molecule has 5 aromatic rings. The van der Waals surface area contributed by atoms with Crippen molar-refractivity contribution in [2.24, 2.45) is 17.2 Å². The van der Waals surface area contributed by atoms with Crippen molar-refractivity contribution < 1.29 is 33.9 Å². The third-order valence-corrected chi connectivity index (χ3v) is 10.6. The first kappa shape index (κ1) is 45.9. The molecular formula is C45H56N9O7. The fraction of sp³-hybridized carbons (Fsp3) is 0.378. The third kappa shape index (κ3) is 12.2. The van der Waals surface area contributed by atoms with E-state index >= 15 is 0 Å². The molecule has 5 rings (SSSR count). The van der Waals surface area contributed by atoms with Crippen LogP contribution in [0, 0.1) is 0 Å². The van der Waals surface area contributed by atoms with Crippen molar-refractivity contribution >= 4 is 57.6 Å². The van der Waals surface area contributed by atoms with Crippen molar-refractivity contribution in [2.45, 2.75) is 94.6 Å². The summed E-state index contributed by atoms with van der Waals surface area (Å²) in [5, 5.41) is 20.5. The zero-order valence-corrected chi connectivity index (χ0v) is 34.3. The van der Waals surface area contributed by atoms with E-state index in [2.05, 4.69) is 25.9 Å². The number of carbonyl (C=O) groups excluding carboxylic acids is 6. The number of amides is 5. The molecule has 0 saturated heterocycles. The molecule has 0 aliphatic heterocycles. The summed E-state index contributed by atoms with van der Waals surface area (Å²) in [6, 6.07) is 17.6. The lowest BCUT2D eigenvalue weighted by Gasteiger charge is -2.32. The molecule has 3 aromatic carbocycles. The Morgan fingerprint density at radius 2 is 1.20 bits per heavy atom. The van der Waals surface area contributed by atoms with E-state index in [0.29, 0.717) is 23.3 Å².